The van der Waals surface area contributed by atoms with Gasteiger partial charge in [-0.15, -0.1) is 0 Å². The number of benzene rings is 2. The van der Waals surface area contributed by atoms with Gasteiger partial charge in [0.05, 0.1) is 11.9 Å². The standard InChI is InChI=1S/C25H34ClN3O4S/c1-6-27-25(31)20(4)28(17-21-9-7-10-22(26)16-21)24(30)11-8-14-29(34(5,32)33)23-13-12-18(2)19(3)15-23/h7,9-10,12-13,15-16,20H,6,8,11,14,17H2,1-5H3,(H,27,31)/t20-/m1/s1. The van der Waals surface area contributed by atoms with Crippen molar-refractivity contribution in [3.8, 4) is 0 Å². The number of aryl methyl sites for hydroxylation is 2. The molecule has 7 nitrogen and oxygen atoms in total. The molecule has 186 valence electrons. The number of anilines is 1. The summed E-state index contributed by atoms with van der Waals surface area (Å²) in [5.74, 6) is -0.474. The van der Waals surface area contributed by atoms with E-state index in [1.54, 1.807) is 31.2 Å². The maximum absolute atomic E-state index is 13.2. The highest BCUT2D eigenvalue weighted by Gasteiger charge is 2.26. The molecule has 9 heteroatoms. The Morgan fingerprint density at radius 2 is 1.79 bits per heavy atom. The van der Waals surface area contributed by atoms with Crippen LogP contribution in [0.25, 0.3) is 0 Å². The van der Waals surface area contributed by atoms with Gasteiger partial charge in [0.1, 0.15) is 6.04 Å². The van der Waals surface area contributed by atoms with E-state index in [0.717, 1.165) is 22.9 Å². The first-order chi connectivity index (χ1) is 15.9. The third kappa shape index (κ3) is 7.74. The third-order valence-electron chi connectivity index (χ3n) is 5.69. The lowest BCUT2D eigenvalue weighted by atomic mass is 10.1. The van der Waals surface area contributed by atoms with E-state index < -0.39 is 16.1 Å². The van der Waals surface area contributed by atoms with Crippen LogP contribution in [0.2, 0.25) is 5.02 Å². The topological polar surface area (TPSA) is 86.8 Å². The van der Waals surface area contributed by atoms with Crippen LogP contribution in [0.3, 0.4) is 0 Å². The highest BCUT2D eigenvalue weighted by atomic mass is 35.5. The number of rotatable bonds is 11. The predicted octanol–water partition coefficient (Wildman–Crippen LogP) is 4.06. The van der Waals surface area contributed by atoms with Crippen molar-refractivity contribution in [3.05, 3.63) is 64.2 Å². The summed E-state index contributed by atoms with van der Waals surface area (Å²) < 4.78 is 26.2. The van der Waals surface area contributed by atoms with E-state index in [1.165, 1.54) is 9.21 Å². The van der Waals surface area contributed by atoms with Crippen molar-refractivity contribution >= 4 is 39.1 Å². The summed E-state index contributed by atoms with van der Waals surface area (Å²) in [5, 5.41) is 3.31. The van der Waals surface area contributed by atoms with Gasteiger partial charge in [-0.2, -0.15) is 0 Å². The normalized spacial score (nSPS) is 12.2. The van der Waals surface area contributed by atoms with Crippen LogP contribution in [-0.4, -0.2) is 50.5 Å². The fourth-order valence-corrected chi connectivity index (χ4v) is 4.79. The van der Waals surface area contributed by atoms with Gasteiger partial charge < -0.3 is 10.2 Å². The molecule has 0 aliphatic rings. The van der Waals surface area contributed by atoms with E-state index in [2.05, 4.69) is 5.32 Å². The minimum Gasteiger partial charge on any atom is -0.355 e. The number of halogens is 1. The van der Waals surface area contributed by atoms with Crippen LogP contribution in [0.5, 0.6) is 0 Å². The van der Waals surface area contributed by atoms with Gasteiger partial charge in [0.2, 0.25) is 21.8 Å². The highest BCUT2D eigenvalue weighted by molar-refractivity contribution is 7.92. The van der Waals surface area contributed by atoms with Gasteiger partial charge in [0.25, 0.3) is 0 Å². The number of sulfonamides is 1. The van der Waals surface area contributed by atoms with Crippen LogP contribution in [0, 0.1) is 13.8 Å². The fraction of sp³-hybridized carbons (Fsp3) is 0.440. The lowest BCUT2D eigenvalue weighted by molar-refractivity contribution is -0.140. The van der Waals surface area contributed by atoms with Crippen molar-refractivity contribution in [2.24, 2.45) is 0 Å². The van der Waals surface area contributed by atoms with E-state index in [9.17, 15) is 18.0 Å². The molecule has 2 aromatic rings. The van der Waals surface area contributed by atoms with E-state index in [-0.39, 0.29) is 31.3 Å². The predicted molar refractivity (Wildman–Crippen MR) is 137 cm³/mol. The first-order valence-electron chi connectivity index (χ1n) is 11.3. The van der Waals surface area contributed by atoms with Crippen molar-refractivity contribution in [2.45, 2.75) is 53.1 Å². The molecule has 0 radical (unpaired) electrons. The minimum atomic E-state index is -3.53. The van der Waals surface area contributed by atoms with Crippen molar-refractivity contribution in [2.75, 3.05) is 23.7 Å². The Morgan fingerprint density at radius 3 is 2.38 bits per heavy atom. The number of nitrogens with zero attached hydrogens (tertiary/aromatic N) is 2. The average Bonchev–Trinajstić information content (AvgIpc) is 2.76. The van der Waals surface area contributed by atoms with E-state index >= 15 is 0 Å². The molecule has 0 fully saturated rings. The number of carbonyl (C=O) groups is 2. The summed E-state index contributed by atoms with van der Waals surface area (Å²) in [6.45, 7) is 8.25. The Bertz CT molecular complexity index is 1120. The Kier molecular flexibility index (Phi) is 9.94. The summed E-state index contributed by atoms with van der Waals surface area (Å²) in [5.41, 5.74) is 3.45. The van der Waals surface area contributed by atoms with E-state index in [4.69, 9.17) is 11.6 Å². The van der Waals surface area contributed by atoms with Crippen molar-refractivity contribution in [1.29, 1.82) is 0 Å². The lowest BCUT2D eigenvalue weighted by Crippen LogP contribution is -2.47. The summed E-state index contributed by atoms with van der Waals surface area (Å²) in [6.07, 6.45) is 1.57. The maximum Gasteiger partial charge on any atom is 0.242 e. The van der Waals surface area contributed by atoms with Crippen molar-refractivity contribution in [1.82, 2.24) is 10.2 Å². The van der Waals surface area contributed by atoms with Gasteiger partial charge in [-0.25, -0.2) is 8.42 Å². The molecule has 1 atom stereocenters. The molecule has 2 aromatic carbocycles. The molecule has 0 aromatic heterocycles. The van der Waals surface area contributed by atoms with Gasteiger partial charge in [-0.3, -0.25) is 13.9 Å². The summed E-state index contributed by atoms with van der Waals surface area (Å²) in [6, 6.07) is 12.0. The Hall–Kier alpha value is -2.58. The Balaban J connectivity index is 2.17. The molecule has 1 N–H and O–H groups in total. The number of nitrogens with one attached hydrogen (secondary N) is 1. The van der Waals surface area contributed by atoms with Gasteiger partial charge in [-0.05, 0) is 75.1 Å². The average molecular weight is 508 g/mol. The zero-order valence-corrected chi connectivity index (χ0v) is 22.0. The second-order valence-corrected chi connectivity index (χ2v) is 10.8. The van der Waals surface area contributed by atoms with Crippen LogP contribution in [0.4, 0.5) is 5.69 Å². The fourth-order valence-electron chi connectivity index (χ4n) is 3.62. The maximum atomic E-state index is 13.2. The smallest absolute Gasteiger partial charge is 0.242 e. The second kappa shape index (κ2) is 12.2. The molecule has 2 rings (SSSR count). The largest absolute Gasteiger partial charge is 0.355 e. The third-order valence-corrected chi connectivity index (χ3v) is 7.12. The summed E-state index contributed by atoms with van der Waals surface area (Å²) in [7, 11) is -3.53. The van der Waals surface area contributed by atoms with Crippen LogP contribution in [-0.2, 0) is 26.2 Å². The van der Waals surface area contributed by atoms with Gasteiger partial charge in [0, 0.05) is 31.1 Å². The zero-order valence-electron chi connectivity index (χ0n) is 20.5. The molecule has 0 bridgehead atoms. The molecular formula is C25H34ClN3O4S. The Morgan fingerprint density at radius 1 is 1.09 bits per heavy atom. The first kappa shape index (κ1) is 27.7. The molecule has 0 unspecified atom stereocenters. The SMILES string of the molecule is CCNC(=O)[C@@H](C)N(Cc1cccc(Cl)c1)C(=O)CCCN(c1ccc(C)c(C)c1)S(C)(=O)=O. The molecular weight excluding hydrogens is 474 g/mol. The second-order valence-electron chi connectivity index (χ2n) is 8.43. The molecule has 0 aliphatic heterocycles. The van der Waals surface area contributed by atoms with Gasteiger partial charge in [-0.1, -0.05) is 29.8 Å². The highest BCUT2D eigenvalue weighted by Crippen LogP contribution is 2.22. The summed E-state index contributed by atoms with van der Waals surface area (Å²) in [4.78, 5) is 27.2. The van der Waals surface area contributed by atoms with Crippen molar-refractivity contribution < 1.29 is 18.0 Å². The molecule has 0 aliphatic carbocycles. The first-order valence-corrected chi connectivity index (χ1v) is 13.5. The van der Waals surface area contributed by atoms with E-state index in [1.807, 2.05) is 39.0 Å². The lowest BCUT2D eigenvalue weighted by Gasteiger charge is -2.29. The number of amides is 2. The molecule has 0 saturated heterocycles. The van der Waals surface area contributed by atoms with Crippen LogP contribution < -0.4 is 9.62 Å². The van der Waals surface area contributed by atoms with Crippen LogP contribution in [0.15, 0.2) is 42.5 Å². The monoisotopic (exact) mass is 507 g/mol. The van der Waals surface area contributed by atoms with E-state index in [0.29, 0.717) is 23.7 Å². The zero-order chi connectivity index (χ0) is 25.5. The van der Waals surface area contributed by atoms with Crippen LogP contribution >= 0.6 is 11.6 Å². The number of hydrogen-bond acceptors (Lipinski definition) is 4. The number of hydrogen-bond donors (Lipinski definition) is 1. The molecule has 0 heterocycles. The summed E-state index contributed by atoms with van der Waals surface area (Å²) >= 11 is 6.09. The van der Waals surface area contributed by atoms with Gasteiger partial charge in [0.15, 0.2) is 0 Å². The van der Waals surface area contributed by atoms with Crippen LogP contribution in [0.1, 0.15) is 43.4 Å². The number of carbonyl (C=O) groups excluding carboxylic acids is 2. The minimum absolute atomic E-state index is 0.0984. The molecule has 0 spiro atoms. The quantitative estimate of drug-likeness (QED) is 0.497. The van der Waals surface area contributed by atoms with Crippen molar-refractivity contribution in [3.63, 3.8) is 0 Å². The van der Waals surface area contributed by atoms with Gasteiger partial charge >= 0.3 is 0 Å². The number of likely N-dealkylation sites (N-methyl/N-ethyl adjacent to an activating group) is 1. The Labute approximate surface area is 208 Å². The molecule has 34 heavy (non-hydrogen) atoms. The molecule has 0 saturated carbocycles. The molecule has 2 amide bonds.